The average molecular weight is 217 g/mol. The van der Waals surface area contributed by atoms with Crippen molar-refractivity contribution in [1.29, 1.82) is 0 Å². The van der Waals surface area contributed by atoms with Crippen LogP contribution in [0.5, 0.6) is 0 Å². The second-order valence-corrected chi connectivity index (χ2v) is 3.43. The van der Waals surface area contributed by atoms with Gasteiger partial charge in [-0.25, -0.2) is 13.2 Å². The van der Waals surface area contributed by atoms with Crippen molar-refractivity contribution < 1.29 is 17.9 Å². The lowest BCUT2D eigenvalue weighted by atomic mass is 10.7. The third kappa shape index (κ3) is 5.41. The van der Waals surface area contributed by atoms with E-state index in [0.29, 0.717) is 0 Å². The molecule has 1 atom stereocenters. The second-order valence-electron chi connectivity index (χ2n) is 1.25. The van der Waals surface area contributed by atoms with Crippen molar-refractivity contribution in [2.45, 2.75) is 16.8 Å². The van der Waals surface area contributed by atoms with Crippen molar-refractivity contribution in [3.8, 4) is 0 Å². The van der Waals surface area contributed by atoms with Crippen LogP contribution in [0.1, 0.15) is 0 Å². The van der Waals surface area contributed by atoms with E-state index < -0.39 is 16.8 Å². The summed E-state index contributed by atoms with van der Waals surface area (Å²) in [5, 5.41) is 0. The Hall–Kier alpha value is 0.620. The molecule has 0 saturated heterocycles. The van der Waals surface area contributed by atoms with E-state index in [-0.39, 0.29) is 0 Å². The molecule has 1 unspecified atom stereocenters. The zero-order valence-electron chi connectivity index (χ0n) is 4.33. The fraction of sp³-hybridized carbons (Fsp3) is 1.00. The van der Waals surface area contributed by atoms with Crippen LogP contribution in [0.15, 0.2) is 0 Å². The van der Waals surface area contributed by atoms with Gasteiger partial charge in [-0.1, -0.05) is 34.8 Å². The van der Waals surface area contributed by atoms with Gasteiger partial charge in [0.15, 0.2) is 0 Å². The topological polar surface area (TPSA) is 9.23 Å². The maximum atomic E-state index is 11.8. The molecule has 0 radical (unpaired) electrons. The first-order valence-corrected chi connectivity index (χ1v) is 3.13. The predicted molar refractivity (Wildman–Crippen MR) is 32.3 cm³/mol. The molecule has 0 bridgehead atoms. The smallest absolute Gasteiger partial charge is 0.294 e. The van der Waals surface area contributed by atoms with E-state index in [2.05, 4.69) is 4.74 Å². The third-order valence-corrected chi connectivity index (χ3v) is 0.712. The minimum Gasteiger partial charge on any atom is -0.294 e. The number of ether oxygens (including phenoxy) is 1. The Bertz CT molecular complexity index is 104. The molecular formula is C3H2Cl3F3O. The Morgan fingerprint density at radius 1 is 1.10 bits per heavy atom. The van der Waals surface area contributed by atoms with Gasteiger partial charge in [0, 0.05) is 0 Å². The number of hydrogen-bond donors (Lipinski definition) is 0. The molecule has 0 spiro atoms. The summed E-state index contributed by atoms with van der Waals surface area (Å²) < 4.78 is 35.5. The summed E-state index contributed by atoms with van der Waals surface area (Å²) in [7, 11) is 0. The Morgan fingerprint density at radius 2 is 1.50 bits per heavy atom. The van der Waals surface area contributed by atoms with Gasteiger partial charge < -0.3 is 0 Å². The zero-order chi connectivity index (χ0) is 8.36. The average Bonchev–Trinajstić information content (AvgIpc) is 1.60. The van der Waals surface area contributed by atoms with Gasteiger partial charge in [0.25, 0.3) is 16.8 Å². The zero-order valence-corrected chi connectivity index (χ0v) is 6.60. The molecule has 7 heteroatoms. The van der Waals surface area contributed by atoms with Crippen LogP contribution in [0.2, 0.25) is 0 Å². The minimum atomic E-state index is -3.31. The van der Waals surface area contributed by atoms with Crippen molar-refractivity contribution in [1.82, 2.24) is 0 Å². The fourth-order valence-corrected chi connectivity index (χ4v) is 0.434. The molecular weight excluding hydrogens is 215 g/mol. The maximum absolute atomic E-state index is 11.8. The van der Waals surface area contributed by atoms with Crippen molar-refractivity contribution in [3.63, 3.8) is 0 Å². The predicted octanol–water partition coefficient (Wildman–Crippen LogP) is 2.89. The van der Waals surface area contributed by atoms with E-state index in [1.807, 2.05) is 0 Å². The molecule has 0 saturated carbocycles. The summed E-state index contributed by atoms with van der Waals surface area (Å²) in [5.41, 5.74) is 0. The molecule has 0 amide bonds. The van der Waals surface area contributed by atoms with Gasteiger partial charge in [-0.3, -0.25) is 4.74 Å². The summed E-state index contributed by atoms with van der Waals surface area (Å²) in [5.74, 6) is 0. The summed E-state index contributed by atoms with van der Waals surface area (Å²) in [6.45, 7) is 0. The first kappa shape index (κ1) is 10.6. The number of halogens is 6. The molecule has 0 aliphatic carbocycles. The van der Waals surface area contributed by atoms with Gasteiger partial charge in [0.2, 0.25) is 0 Å². The van der Waals surface area contributed by atoms with Gasteiger partial charge in [-0.05, 0) is 0 Å². The highest BCUT2D eigenvalue weighted by molar-refractivity contribution is 6.66. The Labute approximate surface area is 70.0 Å². The van der Waals surface area contributed by atoms with Crippen molar-refractivity contribution in [2.75, 3.05) is 0 Å². The molecule has 0 aromatic rings. The minimum absolute atomic E-state index is 2.43. The number of rotatable bonds is 2. The van der Waals surface area contributed by atoms with Crippen LogP contribution in [-0.2, 0) is 4.74 Å². The Kier molecular flexibility index (Phi) is 4.09. The molecule has 0 N–H and O–H groups in total. The summed E-state index contributed by atoms with van der Waals surface area (Å²) in [6.07, 6.45) is -6.18. The molecule has 62 valence electrons. The van der Waals surface area contributed by atoms with Gasteiger partial charge in [0.1, 0.15) is 0 Å². The van der Waals surface area contributed by atoms with Crippen LogP contribution in [0.25, 0.3) is 0 Å². The monoisotopic (exact) mass is 216 g/mol. The summed E-state index contributed by atoms with van der Waals surface area (Å²) in [6, 6.07) is 0. The van der Waals surface area contributed by atoms with Gasteiger partial charge in [-0.15, -0.1) is 0 Å². The molecule has 1 nitrogen and oxygen atoms in total. The van der Waals surface area contributed by atoms with Crippen LogP contribution in [0.4, 0.5) is 13.2 Å². The quantitative estimate of drug-likeness (QED) is 0.646. The Morgan fingerprint density at radius 3 is 1.60 bits per heavy atom. The maximum Gasteiger partial charge on any atom is 0.300 e. The van der Waals surface area contributed by atoms with Gasteiger partial charge in [-0.2, -0.15) is 0 Å². The van der Waals surface area contributed by atoms with E-state index >= 15 is 0 Å². The Balaban J connectivity index is 3.68. The van der Waals surface area contributed by atoms with Crippen LogP contribution < -0.4 is 0 Å². The van der Waals surface area contributed by atoms with E-state index in [4.69, 9.17) is 34.8 Å². The van der Waals surface area contributed by atoms with E-state index in [1.165, 1.54) is 0 Å². The summed E-state index contributed by atoms with van der Waals surface area (Å²) >= 11 is 14.4. The standard InChI is InChI=1S/C3H2Cl3F3O/c4-3(5,6)10-2(9)1(7)8/h1-2H. The van der Waals surface area contributed by atoms with Crippen LogP contribution in [0, 0.1) is 0 Å². The molecule has 0 rings (SSSR count). The van der Waals surface area contributed by atoms with Crippen LogP contribution in [0.3, 0.4) is 0 Å². The van der Waals surface area contributed by atoms with Gasteiger partial charge >= 0.3 is 0 Å². The normalized spacial score (nSPS) is 15.9. The van der Waals surface area contributed by atoms with E-state index in [9.17, 15) is 13.2 Å². The highest BCUT2D eigenvalue weighted by Gasteiger charge is 2.31. The van der Waals surface area contributed by atoms with Crippen LogP contribution in [-0.4, -0.2) is 16.8 Å². The lowest BCUT2D eigenvalue weighted by Crippen LogP contribution is -2.23. The van der Waals surface area contributed by atoms with Crippen molar-refractivity contribution in [3.05, 3.63) is 0 Å². The van der Waals surface area contributed by atoms with E-state index in [1.54, 1.807) is 0 Å². The van der Waals surface area contributed by atoms with Gasteiger partial charge in [0.05, 0.1) is 0 Å². The molecule has 0 aromatic heterocycles. The number of alkyl halides is 6. The first-order chi connectivity index (χ1) is 4.33. The third-order valence-electron chi connectivity index (χ3n) is 0.444. The SMILES string of the molecule is FC(F)C(F)OC(Cl)(Cl)Cl. The highest BCUT2D eigenvalue weighted by atomic mass is 35.6. The first-order valence-electron chi connectivity index (χ1n) is 1.99. The molecule has 10 heavy (non-hydrogen) atoms. The molecule has 0 aromatic carbocycles. The molecule has 0 aliphatic rings. The van der Waals surface area contributed by atoms with E-state index in [0.717, 1.165) is 0 Å². The lowest BCUT2D eigenvalue weighted by Gasteiger charge is -2.14. The summed E-state index contributed by atoms with van der Waals surface area (Å²) in [4.78, 5) is 0. The highest BCUT2D eigenvalue weighted by Crippen LogP contribution is 2.30. The van der Waals surface area contributed by atoms with Crippen LogP contribution >= 0.6 is 34.8 Å². The lowest BCUT2D eigenvalue weighted by molar-refractivity contribution is -0.132. The number of hydrogen-bond acceptors (Lipinski definition) is 1. The molecule has 0 fully saturated rings. The second kappa shape index (κ2) is 3.85. The largest absolute Gasteiger partial charge is 0.300 e. The van der Waals surface area contributed by atoms with Crippen molar-refractivity contribution in [2.24, 2.45) is 0 Å². The molecule has 0 aliphatic heterocycles. The van der Waals surface area contributed by atoms with Crippen molar-refractivity contribution >= 4 is 34.8 Å². The fourth-order valence-electron chi connectivity index (χ4n) is 0.179. The molecule has 0 heterocycles.